The third-order valence-electron chi connectivity index (χ3n) is 5.29. The van der Waals surface area contributed by atoms with Gasteiger partial charge in [0, 0.05) is 38.9 Å². The van der Waals surface area contributed by atoms with Crippen LogP contribution in [0.4, 0.5) is 10.2 Å². The van der Waals surface area contributed by atoms with Gasteiger partial charge < -0.3 is 14.7 Å². The van der Waals surface area contributed by atoms with Gasteiger partial charge in [0.1, 0.15) is 29.6 Å². The number of aromatic nitrogens is 1. The summed E-state index contributed by atoms with van der Waals surface area (Å²) in [6, 6.07) is 17.6. The van der Waals surface area contributed by atoms with Crippen molar-refractivity contribution < 1.29 is 19.0 Å². The summed E-state index contributed by atoms with van der Waals surface area (Å²) >= 11 is 0. The standard InChI is InChI=1S/C24H24FN3O3/c25-20-6-1-5-19(14-20)17-31-21-7-2-4-18(15-21)16-27-10-12-28(13-11-27)23-22(24(29)30)8-3-9-26-23/h1-9,14-15H,10-13,16-17H2,(H,29,30). The molecule has 1 N–H and O–H groups in total. The van der Waals surface area contributed by atoms with Crippen LogP contribution < -0.4 is 9.64 Å². The third kappa shape index (κ3) is 5.38. The summed E-state index contributed by atoms with van der Waals surface area (Å²) < 4.78 is 19.1. The minimum absolute atomic E-state index is 0.235. The molecule has 6 nitrogen and oxygen atoms in total. The van der Waals surface area contributed by atoms with Crippen LogP contribution in [-0.4, -0.2) is 47.1 Å². The van der Waals surface area contributed by atoms with Crippen LogP contribution in [0.3, 0.4) is 0 Å². The van der Waals surface area contributed by atoms with Gasteiger partial charge in [0.2, 0.25) is 0 Å². The van der Waals surface area contributed by atoms with Crippen LogP contribution in [-0.2, 0) is 13.2 Å². The first-order valence-electron chi connectivity index (χ1n) is 10.2. The van der Waals surface area contributed by atoms with Gasteiger partial charge in [-0.15, -0.1) is 0 Å². The number of piperazine rings is 1. The van der Waals surface area contributed by atoms with Crippen molar-refractivity contribution in [2.75, 3.05) is 31.1 Å². The Morgan fingerprint density at radius 1 is 1.00 bits per heavy atom. The zero-order chi connectivity index (χ0) is 21.6. The molecule has 1 saturated heterocycles. The predicted molar refractivity (Wildman–Crippen MR) is 116 cm³/mol. The van der Waals surface area contributed by atoms with Crippen LogP contribution in [0.2, 0.25) is 0 Å². The van der Waals surface area contributed by atoms with Crippen molar-refractivity contribution in [1.82, 2.24) is 9.88 Å². The Morgan fingerprint density at radius 2 is 1.77 bits per heavy atom. The minimum Gasteiger partial charge on any atom is -0.489 e. The van der Waals surface area contributed by atoms with Crippen molar-refractivity contribution in [3.05, 3.63) is 89.4 Å². The minimum atomic E-state index is -0.958. The van der Waals surface area contributed by atoms with E-state index in [0.29, 0.717) is 25.5 Å². The van der Waals surface area contributed by atoms with Crippen LogP contribution >= 0.6 is 0 Å². The molecule has 160 valence electrons. The number of benzene rings is 2. The largest absolute Gasteiger partial charge is 0.489 e. The summed E-state index contributed by atoms with van der Waals surface area (Å²) in [7, 11) is 0. The molecule has 1 aliphatic heterocycles. The lowest BCUT2D eigenvalue weighted by molar-refractivity contribution is 0.0697. The highest BCUT2D eigenvalue weighted by Crippen LogP contribution is 2.21. The number of carbonyl (C=O) groups is 1. The molecule has 0 bridgehead atoms. The van der Waals surface area contributed by atoms with Crippen LogP contribution in [0.15, 0.2) is 66.9 Å². The molecule has 0 atom stereocenters. The maximum Gasteiger partial charge on any atom is 0.339 e. The molecule has 0 amide bonds. The van der Waals surface area contributed by atoms with Crippen molar-refractivity contribution in [3.8, 4) is 5.75 Å². The molecule has 3 aromatic rings. The number of hydrogen-bond acceptors (Lipinski definition) is 5. The Balaban J connectivity index is 1.33. The van der Waals surface area contributed by atoms with Crippen LogP contribution in [0, 0.1) is 5.82 Å². The Bertz CT molecular complexity index is 1050. The van der Waals surface area contributed by atoms with Crippen LogP contribution in [0.5, 0.6) is 5.75 Å². The number of hydrogen-bond donors (Lipinski definition) is 1. The van der Waals surface area contributed by atoms with Gasteiger partial charge in [0.25, 0.3) is 0 Å². The lowest BCUT2D eigenvalue weighted by atomic mass is 10.1. The fourth-order valence-electron chi connectivity index (χ4n) is 3.72. The number of carboxylic acid groups (broad SMARTS) is 1. The number of pyridine rings is 1. The molecule has 31 heavy (non-hydrogen) atoms. The van der Waals surface area contributed by atoms with Crippen molar-refractivity contribution in [3.63, 3.8) is 0 Å². The molecule has 1 aliphatic rings. The molecule has 4 rings (SSSR count). The monoisotopic (exact) mass is 421 g/mol. The Morgan fingerprint density at radius 3 is 2.55 bits per heavy atom. The number of nitrogens with zero attached hydrogens (tertiary/aromatic N) is 3. The Kier molecular flexibility index (Phi) is 6.43. The van der Waals surface area contributed by atoms with E-state index in [1.54, 1.807) is 24.4 Å². The zero-order valence-corrected chi connectivity index (χ0v) is 17.1. The quantitative estimate of drug-likeness (QED) is 0.626. The summed E-state index contributed by atoms with van der Waals surface area (Å²) in [5.41, 5.74) is 2.16. The number of carboxylic acids is 1. The van der Waals surface area contributed by atoms with Gasteiger partial charge in [0.15, 0.2) is 0 Å². The molecule has 1 fully saturated rings. The summed E-state index contributed by atoms with van der Waals surface area (Å²) in [6.45, 7) is 4.14. The molecular weight excluding hydrogens is 397 g/mol. The number of rotatable bonds is 7. The van der Waals surface area contributed by atoms with Gasteiger partial charge in [-0.1, -0.05) is 24.3 Å². The van der Waals surface area contributed by atoms with E-state index in [4.69, 9.17) is 4.74 Å². The molecule has 0 spiro atoms. The van der Waals surface area contributed by atoms with Gasteiger partial charge in [-0.3, -0.25) is 4.90 Å². The van der Waals surface area contributed by atoms with E-state index in [0.717, 1.165) is 36.5 Å². The molecule has 2 heterocycles. The number of aromatic carboxylic acids is 1. The fraction of sp³-hybridized carbons (Fsp3) is 0.250. The lowest BCUT2D eigenvalue weighted by Gasteiger charge is -2.35. The summed E-state index contributed by atoms with van der Waals surface area (Å²) in [5.74, 6) is 0.0538. The molecule has 0 radical (unpaired) electrons. The van der Waals surface area contributed by atoms with E-state index in [2.05, 4.69) is 16.0 Å². The molecule has 0 unspecified atom stereocenters. The SMILES string of the molecule is O=C(O)c1cccnc1N1CCN(Cc2cccc(OCc3cccc(F)c3)c2)CC1. The van der Waals surface area contributed by atoms with Crippen LogP contribution in [0.25, 0.3) is 0 Å². The van der Waals surface area contributed by atoms with E-state index in [9.17, 15) is 14.3 Å². The van der Waals surface area contributed by atoms with E-state index in [1.807, 2.05) is 29.2 Å². The van der Waals surface area contributed by atoms with E-state index in [-0.39, 0.29) is 11.4 Å². The van der Waals surface area contributed by atoms with Gasteiger partial charge in [0.05, 0.1) is 0 Å². The fourth-order valence-corrected chi connectivity index (χ4v) is 3.72. The second-order valence-corrected chi connectivity index (χ2v) is 7.51. The first kappa shape index (κ1) is 20.8. The van der Waals surface area contributed by atoms with Crippen molar-refractivity contribution in [2.24, 2.45) is 0 Å². The molecule has 2 aromatic carbocycles. The van der Waals surface area contributed by atoms with Gasteiger partial charge in [-0.2, -0.15) is 0 Å². The molecule has 1 aromatic heterocycles. The van der Waals surface area contributed by atoms with Crippen LogP contribution in [0.1, 0.15) is 21.5 Å². The van der Waals surface area contributed by atoms with Crippen molar-refractivity contribution >= 4 is 11.8 Å². The number of anilines is 1. The lowest BCUT2D eigenvalue weighted by Crippen LogP contribution is -2.46. The zero-order valence-electron chi connectivity index (χ0n) is 17.1. The van der Waals surface area contributed by atoms with Gasteiger partial charge in [-0.25, -0.2) is 14.2 Å². The summed E-state index contributed by atoms with van der Waals surface area (Å²) in [6.07, 6.45) is 1.63. The smallest absolute Gasteiger partial charge is 0.339 e. The molecule has 0 aliphatic carbocycles. The second-order valence-electron chi connectivity index (χ2n) is 7.51. The topological polar surface area (TPSA) is 65.9 Å². The van der Waals surface area contributed by atoms with E-state index in [1.165, 1.54) is 12.1 Å². The maximum absolute atomic E-state index is 13.3. The highest BCUT2D eigenvalue weighted by atomic mass is 19.1. The first-order valence-corrected chi connectivity index (χ1v) is 10.2. The van der Waals surface area contributed by atoms with Crippen molar-refractivity contribution in [1.29, 1.82) is 0 Å². The number of ether oxygens (including phenoxy) is 1. The Labute approximate surface area is 180 Å². The summed E-state index contributed by atoms with van der Waals surface area (Å²) in [5, 5.41) is 9.39. The number of halogens is 1. The molecular formula is C24H24FN3O3. The summed E-state index contributed by atoms with van der Waals surface area (Å²) in [4.78, 5) is 20.1. The van der Waals surface area contributed by atoms with Crippen molar-refractivity contribution in [2.45, 2.75) is 13.2 Å². The van der Waals surface area contributed by atoms with E-state index >= 15 is 0 Å². The first-order chi connectivity index (χ1) is 15.1. The average Bonchev–Trinajstić information content (AvgIpc) is 2.79. The Hall–Kier alpha value is -3.45. The predicted octanol–water partition coefficient (Wildman–Crippen LogP) is 3.82. The normalized spacial score (nSPS) is 14.4. The molecule has 0 saturated carbocycles. The highest BCUT2D eigenvalue weighted by molar-refractivity contribution is 5.93. The highest BCUT2D eigenvalue weighted by Gasteiger charge is 2.22. The van der Waals surface area contributed by atoms with Gasteiger partial charge in [-0.05, 0) is 47.5 Å². The van der Waals surface area contributed by atoms with E-state index < -0.39 is 5.97 Å². The molecule has 7 heteroatoms. The second kappa shape index (κ2) is 9.57. The van der Waals surface area contributed by atoms with Gasteiger partial charge >= 0.3 is 5.97 Å². The maximum atomic E-state index is 13.3. The third-order valence-corrected chi connectivity index (χ3v) is 5.29. The average molecular weight is 421 g/mol.